The lowest BCUT2D eigenvalue weighted by molar-refractivity contribution is 0.955. The van der Waals surface area contributed by atoms with Crippen LogP contribution >= 0.6 is 0 Å². The fraction of sp³-hybridized carbons (Fsp3) is 0. The third kappa shape index (κ3) is 5.98. The van der Waals surface area contributed by atoms with Crippen LogP contribution in [-0.4, -0.2) is 24.1 Å². The van der Waals surface area contributed by atoms with Crippen LogP contribution in [0.15, 0.2) is 224 Å². The Balaban J connectivity index is 1.11. The summed E-state index contributed by atoms with van der Waals surface area (Å²) in [7, 11) is 0. The molecule has 0 fully saturated rings. The van der Waals surface area contributed by atoms with Crippen molar-refractivity contribution in [3.63, 3.8) is 0 Å². The first kappa shape index (κ1) is 35.5. The predicted molar refractivity (Wildman–Crippen MR) is 256 cm³/mol. The molecule has 12 rings (SSSR count). The zero-order valence-corrected chi connectivity index (χ0v) is 33.6. The number of rotatable bonds is 7. The van der Waals surface area contributed by atoms with Crippen LogP contribution in [0.2, 0.25) is 0 Å². The third-order valence-electron chi connectivity index (χ3n) is 12.0. The number of fused-ring (bicyclic) bond motifs is 7. The van der Waals surface area contributed by atoms with Gasteiger partial charge in [0.05, 0.1) is 22.1 Å². The molecule has 0 aliphatic heterocycles. The number of benzene rings is 9. The summed E-state index contributed by atoms with van der Waals surface area (Å²) in [6.45, 7) is 0. The lowest BCUT2D eigenvalue weighted by atomic mass is 9.98. The molecule has 290 valence electrons. The minimum atomic E-state index is 0.560. The fourth-order valence-corrected chi connectivity index (χ4v) is 9.06. The first-order valence-corrected chi connectivity index (χ1v) is 20.9. The second-order valence-corrected chi connectivity index (χ2v) is 15.7. The van der Waals surface area contributed by atoms with Crippen molar-refractivity contribution in [1.82, 2.24) is 24.1 Å². The van der Waals surface area contributed by atoms with Gasteiger partial charge in [-0.2, -0.15) is 9.97 Å². The van der Waals surface area contributed by atoms with Crippen LogP contribution in [0, 0.1) is 0 Å². The van der Waals surface area contributed by atoms with Crippen LogP contribution in [0.3, 0.4) is 0 Å². The van der Waals surface area contributed by atoms with Crippen molar-refractivity contribution in [1.29, 1.82) is 0 Å². The summed E-state index contributed by atoms with van der Waals surface area (Å²) < 4.78 is 4.64. The minimum Gasteiger partial charge on any atom is -0.309 e. The van der Waals surface area contributed by atoms with Crippen molar-refractivity contribution < 1.29 is 0 Å². The van der Waals surface area contributed by atoms with E-state index >= 15 is 0 Å². The molecule has 12 aromatic rings. The molecule has 0 unspecified atom stereocenters. The van der Waals surface area contributed by atoms with E-state index in [9.17, 15) is 0 Å². The van der Waals surface area contributed by atoms with Crippen LogP contribution < -0.4 is 0 Å². The number of aromatic nitrogens is 5. The maximum absolute atomic E-state index is 5.39. The minimum absolute atomic E-state index is 0.560. The average Bonchev–Trinajstić information content (AvgIpc) is 3.88. The molecular weight excluding hydrogens is 755 g/mol. The lowest BCUT2D eigenvalue weighted by Gasteiger charge is -2.12. The smallest absolute Gasteiger partial charge is 0.238 e. The third-order valence-corrected chi connectivity index (χ3v) is 12.0. The monoisotopic (exact) mass is 791 g/mol. The molecule has 0 N–H and O–H groups in total. The molecule has 0 saturated carbocycles. The Morgan fingerprint density at radius 1 is 0.274 bits per heavy atom. The Labute approximate surface area is 358 Å². The summed E-state index contributed by atoms with van der Waals surface area (Å²) in [6.07, 6.45) is 0. The van der Waals surface area contributed by atoms with Crippen molar-refractivity contribution in [2.24, 2.45) is 0 Å². The molecule has 0 atom stereocenters. The highest BCUT2D eigenvalue weighted by atomic mass is 15.2. The van der Waals surface area contributed by atoms with Gasteiger partial charge in [0.25, 0.3) is 0 Å². The molecule has 5 nitrogen and oxygen atoms in total. The largest absolute Gasteiger partial charge is 0.309 e. The SMILES string of the molecule is c1ccc(-c2cccc(-c3ccc(-c4nc(-c5ccccc5)nc(-n5c6ccc(-c7ccccc7)cc6c6ccc7c(c8ccccc8n7-c7ccccc7)c65)n4)cc3)c2)cc1. The van der Waals surface area contributed by atoms with Crippen LogP contribution in [0.1, 0.15) is 0 Å². The summed E-state index contributed by atoms with van der Waals surface area (Å²) in [5, 5.41) is 4.56. The van der Waals surface area contributed by atoms with E-state index in [0.29, 0.717) is 17.6 Å². The lowest BCUT2D eigenvalue weighted by Crippen LogP contribution is -2.06. The Kier molecular flexibility index (Phi) is 8.42. The van der Waals surface area contributed by atoms with E-state index in [1.54, 1.807) is 0 Å². The zero-order chi connectivity index (χ0) is 41.0. The molecule has 0 saturated heterocycles. The predicted octanol–water partition coefficient (Wildman–Crippen LogP) is 14.4. The normalized spacial score (nSPS) is 11.5. The van der Waals surface area contributed by atoms with Crippen LogP contribution in [0.5, 0.6) is 0 Å². The zero-order valence-electron chi connectivity index (χ0n) is 33.6. The molecule has 0 amide bonds. The van der Waals surface area contributed by atoms with Gasteiger partial charge in [-0.25, -0.2) is 4.98 Å². The molecule has 62 heavy (non-hydrogen) atoms. The van der Waals surface area contributed by atoms with Crippen molar-refractivity contribution in [3.8, 4) is 67.8 Å². The maximum Gasteiger partial charge on any atom is 0.238 e. The van der Waals surface area contributed by atoms with Gasteiger partial charge in [0.1, 0.15) is 0 Å². The summed E-state index contributed by atoms with van der Waals surface area (Å²) in [5.41, 5.74) is 14.2. The highest BCUT2D eigenvalue weighted by molar-refractivity contribution is 6.26. The topological polar surface area (TPSA) is 48.5 Å². The summed E-state index contributed by atoms with van der Waals surface area (Å²) in [6, 6.07) is 79.2. The Bertz CT molecular complexity index is 3590. The van der Waals surface area contributed by atoms with E-state index in [-0.39, 0.29) is 0 Å². The number of nitrogens with zero attached hydrogens (tertiary/aromatic N) is 5. The van der Waals surface area contributed by atoms with Crippen molar-refractivity contribution >= 4 is 43.6 Å². The Morgan fingerprint density at radius 2 is 0.742 bits per heavy atom. The number of hydrogen-bond acceptors (Lipinski definition) is 3. The van der Waals surface area contributed by atoms with Gasteiger partial charge in [0.15, 0.2) is 11.6 Å². The van der Waals surface area contributed by atoms with Gasteiger partial charge in [-0.3, -0.25) is 4.57 Å². The first-order chi connectivity index (χ1) is 30.7. The van der Waals surface area contributed by atoms with Gasteiger partial charge in [-0.15, -0.1) is 0 Å². The van der Waals surface area contributed by atoms with Crippen LogP contribution in [0.4, 0.5) is 0 Å². The van der Waals surface area contributed by atoms with Crippen molar-refractivity contribution in [2.75, 3.05) is 0 Å². The van der Waals surface area contributed by atoms with Crippen molar-refractivity contribution in [2.45, 2.75) is 0 Å². The second-order valence-electron chi connectivity index (χ2n) is 15.7. The number of para-hydroxylation sites is 2. The summed E-state index contributed by atoms with van der Waals surface area (Å²) in [4.78, 5) is 15.9. The molecule has 0 bridgehead atoms. The highest BCUT2D eigenvalue weighted by Crippen LogP contribution is 2.43. The molecule has 0 radical (unpaired) electrons. The summed E-state index contributed by atoms with van der Waals surface area (Å²) in [5.74, 6) is 1.78. The average molecular weight is 792 g/mol. The van der Waals surface area contributed by atoms with Gasteiger partial charge in [0, 0.05) is 38.4 Å². The van der Waals surface area contributed by atoms with Crippen molar-refractivity contribution in [3.05, 3.63) is 224 Å². The highest BCUT2D eigenvalue weighted by Gasteiger charge is 2.23. The second kappa shape index (κ2) is 14.7. The molecule has 0 spiro atoms. The summed E-state index contributed by atoms with van der Waals surface area (Å²) >= 11 is 0. The van der Waals surface area contributed by atoms with Gasteiger partial charge >= 0.3 is 0 Å². The van der Waals surface area contributed by atoms with E-state index in [1.165, 1.54) is 16.7 Å². The molecule has 3 heterocycles. The number of hydrogen-bond donors (Lipinski definition) is 0. The van der Waals surface area contributed by atoms with E-state index in [1.807, 2.05) is 18.2 Å². The Hall–Kier alpha value is -8.41. The molecule has 0 aliphatic rings. The standard InChI is InChI=1S/C57H37N5/c1-5-16-38(17-6-1)43-22-15-23-44(36-43)40-28-30-42(31-29-40)56-58-55(41-20-9-3-10-21-41)59-57(60-56)62-51-34-32-45(39-18-7-2-8-19-39)37-49(51)47-33-35-52-53(54(47)62)48-26-13-14-27-50(48)61(52)46-24-11-4-12-25-46/h1-37H. The van der Waals surface area contributed by atoms with Gasteiger partial charge < -0.3 is 4.57 Å². The van der Waals surface area contributed by atoms with E-state index < -0.39 is 0 Å². The molecule has 9 aromatic carbocycles. The molecule has 5 heteroatoms. The van der Waals surface area contributed by atoms with Gasteiger partial charge in [0.2, 0.25) is 5.95 Å². The maximum atomic E-state index is 5.39. The molecular formula is C57H37N5. The quantitative estimate of drug-likeness (QED) is 0.162. The molecule has 3 aromatic heterocycles. The molecule has 0 aliphatic carbocycles. The fourth-order valence-electron chi connectivity index (χ4n) is 9.06. The van der Waals surface area contributed by atoms with Gasteiger partial charge in [-0.1, -0.05) is 182 Å². The van der Waals surface area contributed by atoms with E-state index in [0.717, 1.165) is 77.1 Å². The Morgan fingerprint density at radius 3 is 1.40 bits per heavy atom. The first-order valence-electron chi connectivity index (χ1n) is 20.9. The van der Waals surface area contributed by atoms with Crippen LogP contribution in [-0.2, 0) is 0 Å². The van der Waals surface area contributed by atoms with E-state index in [2.05, 4.69) is 215 Å². The van der Waals surface area contributed by atoms with E-state index in [4.69, 9.17) is 15.0 Å². The van der Waals surface area contributed by atoms with Crippen LogP contribution in [0.25, 0.3) is 111 Å². The van der Waals surface area contributed by atoms with Gasteiger partial charge in [-0.05, 0) is 75.8 Å².